The van der Waals surface area contributed by atoms with Crippen molar-refractivity contribution in [2.45, 2.75) is 0 Å². The molecule has 0 N–H and O–H groups in total. The zero-order valence-corrected chi connectivity index (χ0v) is 24.0. The molecule has 8 rings (SSSR count). The van der Waals surface area contributed by atoms with Crippen LogP contribution in [0.5, 0.6) is 11.5 Å². The number of rotatable bonds is 6. The van der Waals surface area contributed by atoms with Gasteiger partial charge in [-0.15, -0.1) is 0 Å². The molecule has 6 aromatic carbocycles. The maximum Gasteiger partial charge on any atom is 0.137 e. The Labute approximate surface area is 256 Å². The number of hydrogen-bond donors (Lipinski definition) is 0. The predicted molar refractivity (Wildman–Crippen MR) is 181 cm³/mol. The van der Waals surface area contributed by atoms with Gasteiger partial charge in [0, 0.05) is 23.0 Å². The molecule has 3 heteroatoms. The third-order valence-corrected chi connectivity index (χ3v) is 8.10. The molecule has 3 nitrogen and oxygen atoms in total. The maximum absolute atomic E-state index is 6.51. The van der Waals surface area contributed by atoms with Crippen molar-refractivity contribution in [3.8, 4) is 50.7 Å². The highest BCUT2D eigenvalue weighted by Crippen LogP contribution is 2.37. The minimum Gasteiger partial charge on any atom is -0.457 e. The quantitative estimate of drug-likeness (QED) is 0.201. The van der Waals surface area contributed by atoms with Gasteiger partial charge in [0.2, 0.25) is 0 Å². The van der Waals surface area contributed by atoms with Crippen molar-refractivity contribution < 1.29 is 4.74 Å². The van der Waals surface area contributed by atoms with Gasteiger partial charge in [-0.3, -0.25) is 4.57 Å². The standard InChI is InChI=1S/C41H28N2O/c1-3-11-29(12-4-1)31-15-9-16-32(25-31)33-17-10-18-35(26-33)44-36-21-22-37-38-27-34(30-13-5-2-6-14-30)20-23-39(38)43(40(37)28-36)41-19-7-8-24-42-41/h1-28H. The average Bonchev–Trinajstić information content (AvgIpc) is 3.42. The molecule has 0 saturated heterocycles. The molecule has 0 aliphatic carbocycles. The SMILES string of the molecule is c1ccc(-c2cccc(-c3cccc(Oc4ccc5c6cc(-c7ccccc7)ccc6n(-c6ccccn6)c5c4)c3)c2)cc1. The summed E-state index contributed by atoms with van der Waals surface area (Å²) in [6, 6.07) is 56.9. The molecule has 0 unspecified atom stereocenters. The first-order chi connectivity index (χ1) is 21.8. The van der Waals surface area contributed by atoms with E-state index in [4.69, 9.17) is 9.72 Å². The van der Waals surface area contributed by atoms with E-state index in [2.05, 4.69) is 126 Å². The zero-order chi connectivity index (χ0) is 29.3. The van der Waals surface area contributed by atoms with Crippen LogP contribution in [0.2, 0.25) is 0 Å². The molecular formula is C41H28N2O. The van der Waals surface area contributed by atoms with Crippen LogP contribution in [-0.4, -0.2) is 9.55 Å². The smallest absolute Gasteiger partial charge is 0.137 e. The van der Waals surface area contributed by atoms with E-state index in [0.717, 1.165) is 44.9 Å². The van der Waals surface area contributed by atoms with Crippen molar-refractivity contribution in [2.24, 2.45) is 0 Å². The second kappa shape index (κ2) is 11.0. The molecule has 0 radical (unpaired) electrons. The summed E-state index contributed by atoms with van der Waals surface area (Å²) in [5.41, 5.74) is 9.19. The third-order valence-electron chi connectivity index (χ3n) is 8.10. The number of pyridine rings is 1. The van der Waals surface area contributed by atoms with E-state index in [-0.39, 0.29) is 0 Å². The molecule has 8 aromatic rings. The third kappa shape index (κ3) is 4.81. The Kier molecular flexibility index (Phi) is 6.47. The molecular weight excluding hydrogens is 536 g/mol. The highest BCUT2D eigenvalue weighted by atomic mass is 16.5. The first kappa shape index (κ1) is 25.8. The number of ether oxygens (including phenoxy) is 1. The van der Waals surface area contributed by atoms with Gasteiger partial charge in [0.05, 0.1) is 11.0 Å². The minimum atomic E-state index is 0.774. The normalized spacial score (nSPS) is 11.2. The lowest BCUT2D eigenvalue weighted by Crippen LogP contribution is -1.96. The largest absolute Gasteiger partial charge is 0.457 e. The Morgan fingerprint density at radius 1 is 0.386 bits per heavy atom. The van der Waals surface area contributed by atoms with Crippen molar-refractivity contribution in [1.82, 2.24) is 9.55 Å². The Morgan fingerprint density at radius 3 is 1.73 bits per heavy atom. The topological polar surface area (TPSA) is 27.1 Å². The van der Waals surface area contributed by atoms with Crippen LogP contribution < -0.4 is 4.74 Å². The van der Waals surface area contributed by atoms with Crippen LogP contribution in [0.4, 0.5) is 0 Å². The van der Waals surface area contributed by atoms with Crippen LogP contribution in [0.3, 0.4) is 0 Å². The fraction of sp³-hybridized carbons (Fsp3) is 0. The van der Waals surface area contributed by atoms with Gasteiger partial charge >= 0.3 is 0 Å². The fourth-order valence-electron chi connectivity index (χ4n) is 5.99. The summed E-state index contributed by atoms with van der Waals surface area (Å²) < 4.78 is 8.73. The van der Waals surface area contributed by atoms with Gasteiger partial charge in [0.25, 0.3) is 0 Å². The second-order valence-corrected chi connectivity index (χ2v) is 10.9. The summed E-state index contributed by atoms with van der Waals surface area (Å²) in [7, 11) is 0. The van der Waals surface area contributed by atoms with Gasteiger partial charge in [-0.2, -0.15) is 0 Å². The number of aromatic nitrogens is 2. The van der Waals surface area contributed by atoms with Crippen molar-refractivity contribution in [3.63, 3.8) is 0 Å². The minimum absolute atomic E-state index is 0.774. The number of fused-ring (bicyclic) bond motifs is 3. The molecule has 0 spiro atoms. The second-order valence-electron chi connectivity index (χ2n) is 10.9. The molecule has 0 amide bonds. The van der Waals surface area contributed by atoms with Gasteiger partial charge < -0.3 is 4.74 Å². The average molecular weight is 565 g/mol. The summed E-state index contributed by atoms with van der Waals surface area (Å²) in [5, 5.41) is 2.33. The highest BCUT2D eigenvalue weighted by molar-refractivity contribution is 6.10. The van der Waals surface area contributed by atoms with E-state index in [1.807, 2.05) is 48.7 Å². The van der Waals surface area contributed by atoms with Crippen LogP contribution in [0, 0.1) is 0 Å². The Morgan fingerprint density at radius 2 is 1.00 bits per heavy atom. The molecule has 2 aromatic heterocycles. The van der Waals surface area contributed by atoms with E-state index in [1.165, 1.54) is 27.6 Å². The van der Waals surface area contributed by atoms with Gasteiger partial charge in [0.15, 0.2) is 0 Å². The Bertz CT molecular complexity index is 2240. The van der Waals surface area contributed by atoms with E-state index in [9.17, 15) is 0 Å². The molecule has 0 atom stereocenters. The van der Waals surface area contributed by atoms with Crippen LogP contribution in [-0.2, 0) is 0 Å². The lowest BCUT2D eigenvalue weighted by molar-refractivity contribution is 0.483. The number of hydrogen-bond acceptors (Lipinski definition) is 2. The molecule has 208 valence electrons. The molecule has 0 fully saturated rings. The van der Waals surface area contributed by atoms with E-state index in [0.29, 0.717) is 0 Å². The van der Waals surface area contributed by atoms with Gasteiger partial charge in [0.1, 0.15) is 17.3 Å². The van der Waals surface area contributed by atoms with Crippen molar-refractivity contribution in [3.05, 3.63) is 170 Å². The van der Waals surface area contributed by atoms with Crippen LogP contribution >= 0.6 is 0 Å². The molecule has 2 heterocycles. The predicted octanol–water partition coefficient (Wildman–Crippen LogP) is 11.0. The maximum atomic E-state index is 6.51. The van der Waals surface area contributed by atoms with Crippen molar-refractivity contribution in [2.75, 3.05) is 0 Å². The van der Waals surface area contributed by atoms with Crippen LogP contribution in [0.1, 0.15) is 0 Å². The van der Waals surface area contributed by atoms with Crippen LogP contribution in [0.25, 0.3) is 61.0 Å². The van der Waals surface area contributed by atoms with Crippen LogP contribution in [0.15, 0.2) is 170 Å². The van der Waals surface area contributed by atoms with Gasteiger partial charge in [-0.05, 0) is 88.0 Å². The van der Waals surface area contributed by atoms with E-state index < -0.39 is 0 Å². The summed E-state index contributed by atoms with van der Waals surface area (Å²) in [4.78, 5) is 4.71. The molecule has 0 aliphatic heterocycles. The highest BCUT2D eigenvalue weighted by Gasteiger charge is 2.15. The molecule has 44 heavy (non-hydrogen) atoms. The first-order valence-corrected chi connectivity index (χ1v) is 14.8. The summed E-state index contributed by atoms with van der Waals surface area (Å²) in [5.74, 6) is 2.44. The van der Waals surface area contributed by atoms with Crippen molar-refractivity contribution >= 4 is 21.8 Å². The Balaban J connectivity index is 1.19. The van der Waals surface area contributed by atoms with Gasteiger partial charge in [-0.1, -0.05) is 103 Å². The lowest BCUT2D eigenvalue weighted by Gasteiger charge is -2.11. The summed E-state index contributed by atoms with van der Waals surface area (Å²) in [6.45, 7) is 0. The summed E-state index contributed by atoms with van der Waals surface area (Å²) >= 11 is 0. The van der Waals surface area contributed by atoms with Gasteiger partial charge in [-0.25, -0.2) is 4.98 Å². The monoisotopic (exact) mass is 564 g/mol. The lowest BCUT2D eigenvalue weighted by atomic mass is 9.99. The molecule has 0 bridgehead atoms. The van der Waals surface area contributed by atoms with E-state index >= 15 is 0 Å². The zero-order valence-electron chi connectivity index (χ0n) is 24.0. The van der Waals surface area contributed by atoms with Crippen molar-refractivity contribution in [1.29, 1.82) is 0 Å². The number of nitrogens with zero attached hydrogens (tertiary/aromatic N) is 2. The van der Waals surface area contributed by atoms with E-state index in [1.54, 1.807) is 0 Å². The fourth-order valence-corrected chi connectivity index (χ4v) is 5.99. The summed E-state index contributed by atoms with van der Waals surface area (Å²) in [6.07, 6.45) is 1.84. The molecule has 0 aliphatic rings. The number of benzene rings is 6. The molecule has 0 saturated carbocycles. The Hall–Kier alpha value is -5.93. The first-order valence-electron chi connectivity index (χ1n) is 14.8.